The average Bonchev–Trinajstić information content (AvgIpc) is 3.02. The van der Waals surface area contributed by atoms with Gasteiger partial charge in [0.15, 0.2) is 12.4 Å². The number of rotatable bonds is 28. The van der Waals surface area contributed by atoms with E-state index >= 15 is 0 Å². The number of carbonyl (C=O) groups is 2. The Balaban J connectivity index is 2.30. The van der Waals surface area contributed by atoms with Crippen molar-refractivity contribution in [2.75, 3.05) is 19.8 Å². The van der Waals surface area contributed by atoms with Gasteiger partial charge in [-0.15, -0.1) is 0 Å². The largest absolute Gasteiger partial charge is 0.462 e. The highest BCUT2D eigenvalue weighted by molar-refractivity contribution is 5.70. The van der Waals surface area contributed by atoms with E-state index in [9.17, 15) is 30.0 Å². The van der Waals surface area contributed by atoms with Crippen LogP contribution in [0, 0.1) is 0 Å². The molecule has 1 aliphatic heterocycles. The molecule has 0 radical (unpaired) electrons. The molecule has 0 aromatic heterocycles. The number of carbonyl (C=O) groups excluding carboxylic acids is 2. The van der Waals surface area contributed by atoms with Crippen molar-refractivity contribution < 1.29 is 49.0 Å². The van der Waals surface area contributed by atoms with Crippen LogP contribution in [0.2, 0.25) is 0 Å². The molecule has 0 spiro atoms. The lowest BCUT2D eigenvalue weighted by Crippen LogP contribution is -2.59. The van der Waals surface area contributed by atoms with Gasteiger partial charge in [-0.1, -0.05) is 123 Å². The summed E-state index contributed by atoms with van der Waals surface area (Å²) in [4.78, 5) is 24.8. The minimum atomic E-state index is -1.59. The monoisotopic (exact) mass is 632 g/mol. The fraction of sp³-hybridized carbons (Fsp3) is 0.941. The maximum Gasteiger partial charge on any atom is 0.306 e. The van der Waals surface area contributed by atoms with Crippen molar-refractivity contribution in [3.8, 4) is 0 Å². The first-order valence-electron chi connectivity index (χ1n) is 17.6. The van der Waals surface area contributed by atoms with E-state index in [2.05, 4.69) is 13.8 Å². The maximum atomic E-state index is 12.4. The van der Waals surface area contributed by atoms with Gasteiger partial charge in [0.25, 0.3) is 0 Å². The van der Waals surface area contributed by atoms with Crippen molar-refractivity contribution in [3.05, 3.63) is 0 Å². The van der Waals surface area contributed by atoms with Gasteiger partial charge in [0, 0.05) is 12.8 Å². The fourth-order valence-electron chi connectivity index (χ4n) is 5.36. The van der Waals surface area contributed by atoms with Crippen LogP contribution >= 0.6 is 0 Å². The van der Waals surface area contributed by atoms with Crippen molar-refractivity contribution in [1.82, 2.24) is 0 Å². The summed E-state index contributed by atoms with van der Waals surface area (Å²) in [6, 6.07) is 0. The van der Waals surface area contributed by atoms with Gasteiger partial charge in [-0.3, -0.25) is 9.59 Å². The third kappa shape index (κ3) is 19.3. The van der Waals surface area contributed by atoms with Crippen LogP contribution < -0.4 is 0 Å². The van der Waals surface area contributed by atoms with Crippen LogP contribution in [-0.2, 0) is 28.5 Å². The fourth-order valence-corrected chi connectivity index (χ4v) is 5.36. The van der Waals surface area contributed by atoms with Crippen molar-refractivity contribution in [1.29, 1.82) is 0 Å². The smallest absolute Gasteiger partial charge is 0.306 e. The van der Waals surface area contributed by atoms with Crippen LogP contribution in [0.25, 0.3) is 0 Å². The summed E-state index contributed by atoms with van der Waals surface area (Å²) in [6.45, 7) is 3.27. The molecule has 10 nitrogen and oxygen atoms in total. The molecule has 0 amide bonds. The van der Waals surface area contributed by atoms with Gasteiger partial charge in [-0.05, 0) is 12.8 Å². The average molecular weight is 633 g/mol. The Morgan fingerprint density at radius 2 is 1.07 bits per heavy atom. The van der Waals surface area contributed by atoms with Crippen LogP contribution in [0.15, 0.2) is 0 Å². The Morgan fingerprint density at radius 3 is 1.57 bits per heavy atom. The summed E-state index contributed by atoms with van der Waals surface area (Å²) in [7, 11) is 0. The molecule has 44 heavy (non-hydrogen) atoms. The lowest BCUT2D eigenvalue weighted by Gasteiger charge is -2.39. The summed E-state index contributed by atoms with van der Waals surface area (Å²) >= 11 is 0. The van der Waals surface area contributed by atoms with Gasteiger partial charge in [0.05, 0.1) is 13.2 Å². The molecule has 1 saturated heterocycles. The molecule has 1 heterocycles. The molecular weight excluding hydrogens is 568 g/mol. The quantitative estimate of drug-likeness (QED) is 0.0644. The zero-order chi connectivity index (χ0) is 32.4. The van der Waals surface area contributed by atoms with Gasteiger partial charge < -0.3 is 39.4 Å². The normalized spacial score (nSPS) is 22.5. The molecule has 4 N–H and O–H groups in total. The number of aliphatic hydroxyl groups excluding tert-OH is 4. The number of esters is 2. The number of unbranched alkanes of at least 4 members (excludes halogenated alkanes) is 17. The number of aliphatic hydroxyl groups is 4. The molecule has 6 atom stereocenters. The predicted molar refractivity (Wildman–Crippen MR) is 169 cm³/mol. The van der Waals surface area contributed by atoms with E-state index in [1.165, 1.54) is 77.0 Å². The summed E-state index contributed by atoms with van der Waals surface area (Å²) in [6.07, 6.45) is 14.7. The molecule has 1 aliphatic rings. The second kappa shape index (κ2) is 26.9. The van der Waals surface area contributed by atoms with Gasteiger partial charge in [-0.25, -0.2) is 0 Å². The second-order valence-corrected chi connectivity index (χ2v) is 12.3. The molecule has 0 aromatic rings. The van der Waals surface area contributed by atoms with Crippen molar-refractivity contribution in [2.24, 2.45) is 0 Å². The Morgan fingerprint density at radius 1 is 0.614 bits per heavy atom. The molecule has 10 heteroatoms. The van der Waals surface area contributed by atoms with E-state index in [1.54, 1.807) is 0 Å². The van der Waals surface area contributed by atoms with E-state index in [0.717, 1.165) is 38.5 Å². The molecule has 0 aromatic carbocycles. The van der Waals surface area contributed by atoms with E-state index in [1.807, 2.05) is 0 Å². The number of ether oxygens (including phenoxy) is 4. The molecule has 0 saturated carbocycles. The first-order valence-corrected chi connectivity index (χ1v) is 17.6. The molecular formula is C34H64O10. The van der Waals surface area contributed by atoms with E-state index < -0.39 is 49.4 Å². The van der Waals surface area contributed by atoms with E-state index in [-0.39, 0.29) is 32.0 Å². The summed E-state index contributed by atoms with van der Waals surface area (Å²) in [5.74, 6) is -0.821. The minimum Gasteiger partial charge on any atom is -0.462 e. The Hall–Kier alpha value is -1.30. The van der Waals surface area contributed by atoms with Crippen molar-refractivity contribution >= 4 is 11.9 Å². The number of hydrogen-bond acceptors (Lipinski definition) is 10. The Labute approximate surface area is 266 Å². The summed E-state index contributed by atoms with van der Waals surface area (Å²) in [5, 5.41) is 39.6. The first kappa shape index (κ1) is 40.7. The highest BCUT2D eigenvalue weighted by Gasteiger charge is 2.44. The third-order valence-corrected chi connectivity index (χ3v) is 8.24. The lowest BCUT2D eigenvalue weighted by atomic mass is 9.99. The van der Waals surface area contributed by atoms with Crippen LogP contribution in [0.1, 0.15) is 149 Å². The lowest BCUT2D eigenvalue weighted by molar-refractivity contribution is -0.305. The highest BCUT2D eigenvalue weighted by Crippen LogP contribution is 2.22. The molecule has 260 valence electrons. The summed E-state index contributed by atoms with van der Waals surface area (Å²) in [5.41, 5.74) is 0. The van der Waals surface area contributed by atoms with Crippen molar-refractivity contribution in [3.63, 3.8) is 0 Å². The van der Waals surface area contributed by atoms with Gasteiger partial charge in [0.1, 0.15) is 31.0 Å². The predicted octanol–water partition coefficient (Wildman–Crippen LogP) is 5.49. The van der Waals surface area contributed by atoms with Gasteiger partial charge in [-0.2, -0.15) is 0 Å². The number of hydrogen-bond donors (Lipinski definition) is 4. The standard InChI is InChI=1S/C34H64O10/c1-3-5-7-9-10-11-12-13-14-15-16-17-18-19-21-22-29(36)41-25-27(43-30(37)23-20-8-6-4-2)26-42-34-33(40)32(39)31(38)28(24-35)44-34/h27-28,31-35,38-40H,3-26H2,1-2H3/t27-,28-,31+,32+,33-,34-/m1/s1. The molecule has 0 bridgehead atoms. The van der Waals surface area contributed by atoms with Gasteiger partial charge >= 0.3 is 11.9 Å². The van der Waals surface area contributed by atoms with Gasteiger partial charge in [0.2, 0.25) is 0 Å². The third-order valence-electron chi connectivity index (χ3n) is 8.24. The Kier molecular flexibility index (Phi) is 24.9. The zero-order valence-corrected chi connectivity index (χ0v) is 27.7. The van der Waals surface area contributed by atoms with Crippen LogP contribution in [-0.4, -0.2) is 89.0 Å². The van der Waals surface area contributed by atoms with Crippen LogP contribution in [0.5, 0.6) is 0 Å². The first-order chi connectivity index (χ1) is 21.3. The molecule has 0 aliphatic carbocycles. The zero-order valence-electron chi connectivity index (χ0n) is 27.7. The second-order valence-electron chi connectivity index (χ2n) is 12.3. The van der Waals surface area contributed by atoms with Crippen LogP contribution in [0.3, 0.4) is 0 Å². The van der Waals surface area contributed by atoms with Crippen molar-refractivity contribution in [2.45, 2.75) is 185 Å². The topological polar surface area (TPSA) is 152 Å². The molecule has 1 fully saturated rings. The van der Waals surface area contributed by atoms with E-state index in [0.29, 0.717) is 6.42 Å². The Bertz CT molecular complexity index is 704. The minimum absolute atomic E-state index is 0.213. The SMILES string of the molecule is CCCCCCCCCCCCCCCCCC(=O)OC[C@H](CO[C@@H]1O[C@H](CO)[C@H](O)[C@H](O)[C@H]1O)OC(=O)CCCCCC. The molecule has 1 rings (SSSR count). The van der Waals surface area contributed by atoms with Crippen LogP contribution in [0.4, 0.5) is 0 Å². The maximum absolute atomic E-state index is 12.4. The highest BCUT2D eigenvalue weighted by atomic mass is 16.7. The van der Waals surface area contributed by atoms with E-state index in [4.69, 9.17) is 18.9 Å². The summed E-state index contributed by atoms with van der Waals surface area (Å²) < 4.78 is 21.8. The molecule has 0 unspecified atom stereocenters.